The fourth-order valence-corrected chi connectivity index (χ4v) is 3.06. The van der Waals surface area contributed by atoms with Gasteiger partial charge in [-0.05, 0) is 39.8 Å². The third-order valence-electron chi connectivity index (χ3n) is 3.00. The van der Waals surface area contributed by atoms with Crippen molar-refractivity contribution in [2.45, 2.75) is 39.7 Å². The van der Waals surface area contributed by atoms with Crippen molar-refractivity contribution < 1.29 is 9.84 Å². The molecule has 0 radical (unpaired) electrons. The van der Waals surface area contributed by atoms with E-state index in [0.717, 1.165) is 27.7 Å². The summed E-state index contributed by atoms with van der Waals surface area (Å²) in [6.45, 7) is 8.18. The van der Waals surface area contributed by atoms with Crippen molar-refractivity contribution in [2.24, 2.45) is 0 Å². The van der Waals surface area contributed by atoms with E-state index in [4.69, 9.17) is 4.74 Å². The monoisotopic (exact) mass is 291 g/mol. The molecule has 1 N–H and O–H groups in total. The Labute approximate surface area is 124 Å². The molecule has 2 aromatic rings. The van der Waals surface area contributed by atoms with Crippen LogP contribution in [0.25, 0.3) is 0 Å². The molecule has 1 heterocycles. The summed E-state index contributed by atoms with van der Waals surface area (Å²) in [5.74, 6) is 0.881. The molecule has 4 heteroatoms. The molecule has 3 nitrogen and oxygen atoms in total. The Hall–Kier alpha value is -1.39. The molecule has 0 bridgehead atoms. The van der Waals surface area contributed by atoms with Crippen molar-refractivity contribution in [1.29, 1.82) is 0 Å². The van der Waals surface area contributed by atoms with Gasteiger partial charge < -0.3 is 9.84 Å². The molecule has 1 aromatic heterocycles. The number of aromatic nitrogens is 1. The highest BCUT2D eigenvalue weighted by Gasteiger charge is 2.22. The van der Waals surface area contributed by atoms with Crippen molar-refractivity contribution in [3.8, 4) is 5.75 Å². The Morgan fingerprint density at radius 2 is 1.85 bits per heavy atom. The number of nitrogens with zero attached hydrogens (tertiary/aromatic N) is 1. The van der Waals surface area contributed by atoms with Crippen molar-refractivity contribution in [1.82, 2.24) is 4.98 Å². The van der Waals surface area contributed by atoms with Gasteiger partial charge in [-0.25, -0.2) is 4.98 Å². The van der Waals surface area contributed by atoms with Gasteiger partial charge in [-0.3, -0.25) is 0 Å². The van der Waals surface area contributed by atoms with E-state index in [1.54, 1.807) is 25.2 Å². The SMILES string of the molecule is Cc1ccc(OCCc2nc(C)c(C(C)(C)O)s2)cc1. The van der Waals surface area contributed by atoms with E-state index in [0.29, 0.717) is 6.61 Å². The zero-order valence-corrected chi connectivity index (χ0v) is 13.3. The van der Waals surface area contributed by atoms with E-state index in [9.17, 15) is 5.11 Å². The van der Waals surface area contributed by atoms with Crippen LogP contribution >= 0.6 is 11.3 Å². The van der Waals surface area contributed by atoms with Gasteiger partial charge >= 0.3 is 0 Å². The third-order valence-corrected chi connectivity index (χ3v) is 4.53. The Kier molecular flexibility index (Phi) is 4.45. The van der Waals surface area contributed by atoms with Gasteiger partial charge in [-0.15, -0.1) is 11.3 Å². The van der Waals surface area contributed by atoms with Crippen LogP contribution in [0, 0.1) is 13.8 Å². The molecule has 0 aliphatic rings. The van der Waals surface area contributed by atoms with Crippen LogP contribution < -0.4 is 4.74 Å². The van der Waals surface area contributed by atoms with Crippen LogP contribution in [0.1, 0.15) is 35.0 Å². The van der Waals surface area contributed by atoms with Gasteiger partial charge in [0.05, 0.1) is 27.8 Å². The molecule has 0 aliphatic carbocycles. The second-order valence-electron chi connectivity index (χ2n) is 5.49. The average molecular weight is 291 g/mol. The second-order valence-corrected chi connectivity index (χ2v) is 6.58. The van der Waals surface area contributed by atoms with Gasteiger partial charge in [0.2, 0.25) is 0 Å². The lowest BCUT2D eigenvalue weighted by Gasteiger charge is -2.15. The molecule has 0 atom stereocenters. The van der Waals surface area contributed by atoms with Crippen molar-refractivity contribution >= 4 is 11.3 Å². The fraction of sp³-hybridized carbons (Fsp3) is 0.438. The van der Waals surface area contributed by atoms with Gasteiger partial charge in [0.15, 0.2) is 0 Å². The molecule has 0 aliphatic heterocycles. The van der Waals surface area contributed by atoms with Gasteiger partial charge in [0, 0.05) is 6.42 Å². The topological polar surface area (TPSA) is 42.4 Å². The first-order valence-electron chi connectivity index (χ1n) is 6.75. The van der Waals surface area contributed by atoms with Crippen LogP contribution in [0.5, 0.6) is 5.75 Å². The molecule has 2 rings (SSSR count). The van der Waals surface area contributed by atoms with E-state index < -0.39 is 5.60 Å². The Morgan fingerprint density at radius 1 is 1.20 bits per heavy atom. The van der Waals surface area contributed by atoms with Crippen molar-refractivity contribution in [2.75, 3.05) is 6.61 Å². The minimum Gasteiger partial charge on any atom is -0.493 e. The summed E-state index contributed by atoms with van der Waals surface area (Å²) in [5.41, 5.74) is 1.31. The molecule has 0 unspecified atom stereocenters. The third kappa shape index (κ3) is 3.81. The van der Waals surface area contributed by atoms with Gasteiger partial charge in [-0.2, -0.15) is 0 Å². The molecular formula is C16H21NO2S. The molecule has 0 saturated carbocycles. The molecule has 0 saturated heterocycles. The highest BCUT2D eigenvalue weighted by Crippen LogP contribution is 2.29. The molecule has 0 amide bonds. The molecule has 20 heavy (non-hydrogen) atoms. The number of ether oxygens (including phenoxy) is 1. The molecule has 108 valence electrons. The van der Waals surface area contributed by atoms with E-state index in [1.807, 2.05) is 31.2 Å². The van der Waals surface area contributed by atoms with E-state index in [1.165, 1.54) is 5.56 Å². The summed E-state index contributed by atoms with van der Waals surface area (Å²) < 4.78 is 5.70. The fourth-order valence-electron chi connectivity index (χ4n) is 2.02. The average Bonchev–Trinajstić information content (AvgIpc) is 2.73. The largest absolute Gasteiger partial charge is 0.493 e. The molecular weight excluding hydrogens is 270 g/mol. The van der Waals surface area contributed by atoms with Crippen LogP contribution in [0.3, 0.4) is 0 Å². The maximum atomic E-state index is 10.1. The number of aryl methyl sites for hydroxylation is 2. The number of hydrogen-bond donors (Lipinski definition) is 1. The Morgan fingerprint density at radius 3 is 2.40 bits per heavy atom. The van der Waals surface area contributed by atoms with Crippen LogP contribution in [-0.4, -0.2) is 16.7 Å². The van der Waals surface area contributed by atoms with E-state index in [-0.39, 0.29) is 0 Å². The van der Waals surface area contributed by atoms with E-state index >= 15 is 0 Å². The lowest BCUT2D eigenvalue weighted by molar-refractivity contribution is 0.0817. The summed E-state index contributed by atoms with van der Waals surface area (Å²) >= 11 is 1.56. The number of hydrogen-bond acceptors (Lipinski definition) is 4. The summed E-state index contributed by atoms with van der Waals surface area (Å²) in [6, 6.07) is 8.03. The summed E-state index contributed by atoms with van der Waals surface area (Å²) in [7, 11) is 0. The van der Waals surface area contributed by atoms with Gasteiger partial charge in [-0.1, -0.05) is 17.7 Å². The van der Waals surface area contributed by atoms with Gasteiger partial charge in [0.25, 0.3) is 0 Å². The minimum atomic E-state index is -0.822. The lowest BCUT2D eigenvalue weighted by atomic mass is 10.1. The maximum absolute atomic E-state index is 10.1. The van der Waals surface area contributed by atoms with Crippen molar-refractivity contribution in [3.63, 3.8) is 0 Å². The second kappa shape index (κ2) is 5.94. The first-order valence-corrected chi connectivity index (χ1v) is 7.56. The highest BCUT2D eigenvalue weighted by atomic mass is 32.1. The first-order chi connectivity index (χ1) is 9.36. The summed E-state index contributed by atoms with van der Waals surface area (Å²) in [6.07, 6.45) is 0.759. The maximum Gasteiger partial charge on any atom is 0.119 e. The number of thiazole rings is 1. The lowest BCUT2D eigenvalue weighted by Crippen LogP contribution is -2.14. The van der Waals surface area contributed by atoms with E-state index in [2.05, 4.69) is 11.9 Å². The normalized spacial score (nSPS) is 11.7. The minimum absolute atomic E-state index is 0.599. The Bertz CT molecular complexity index is 567. The predicted molar refractivity (Wildman–Crippen MR) is 82.5 cm³/mol. The smallest absolute Gasteiger partial charge is 0.119 e. The van der Waals surface area contributed by atoms with Crippen molar-refractivity contribution in [3.05, 3.63) is 45.4 Å². The number of rotatable bonds is 5. The standard InChI is InChI=1S/C16H21NO2S/c1-11-5-7-13(8-6-11)19-10-9-14-17-12(2)15(20-14)16(3,4)18/h5-8,18H,9-10H2,1-4H3. The van der Waals surface area contributed by atoms with Gasteiger partial charge in [0.1, 0.15) is 5.75 Å². The number of benzene rings is 1. The van der Waals surface area contributed by atoms with Crippen LogP contribution in [-0.2, 0) is 12.0 Å². The van der Waals surface area contributed by atoms with Crippen LogP contribution in [0.2, 0.25) is 0 Å². The van der Waals surface area contributed by atoms with Crippen LogP contribution in [0.15, 0.2) is 24.3 Å². The Balaban J connectivity index is 1.93. The van der Waals surface area contributed by atoms with Crippen LogP contribution in [0.4, 0.5) is 0 Å². The summed E-state index contributed by atoms with van der Waals surface area (Å²) in [4.78, 5) is 5.43. The number of aliphatic hydroxyl groups is 1. The highest BCUT2D eigenvalue weighted by molar-refractivity contribution is 7.11. The first kappa shape index (κ1) is 15.0. The molecule has 0 fully saturated rings. The molecule has 1 aromatic carbocycles. The quantitative estimate of drug-likeness (QED) is 0.915. The zero-order valence-electron chi connectivity index (χ0n) is 12.4. The zero-order chi connectivity index (χ0) is 14.8. The predicted octanol–water partition coefficient (Wildman–Crippen LogP) is 3.61. The molecule has 0 spiro atoms. The summed E-state index contributed by atoms with van der Waals surface area (Å²) in [5, 5.41) is 11.1.